The molecule has 2 aliphatic rings. The molecular weight excluding hydrogens is 655 g/mol. The predicted octanol–water partition coefficient (Wildman–Crippen LogP) is 3.71. The minimum Gasteiger partial charge on any atom is -0.480 e. The van der Waals surface area contributed by atoms with Gasteiger partial charge in [-0.1, -0.05) is 23.2 Å². The van der Waals surface area contributed by atoms with E-state index < -0.39 is 35.3 Å². The van der Waals surface area contributed by atoms with Crippen molar-refractivity contribution in [1.82, 2.24) is 10.2 Å². The maximum atomic E-state index is 13.0. The zero-order chi connectivity index (χ0) is 31.4. The predicted molar refractivity (Wildman–Crippen MR) is 169 cm³/mol. The van der Waals surface area contributed by atoms with Gasteiger partial charge in [-0.3, -0.25) is 19.3 Å². The topological polar surface area (TPSA) is 154 Å². The second-order valence-electron chi connectivity index (χ2n) is 10.0. The Morgan fingerprint density at radius 1 is 1.19 bits per heavy atom. The van der Waals surface area contributed by atoms with E-state index in [-0.39, 0.29) is 17.4 Å². The number of thioether (sulfide) groups is 3. The van der Waals surface area contributed by atoms with Gasteiger partial charge in [-0.25, -0.2) is 9.36 Å². The van der Waals surface area contributed by atoms with E-state index in [0.717, 1.165) is 16.2 Å². The summed E-state index contributed by atoms with van der Waals surface area (Å²) in [7, 11) is 0. The van der Waals surface area contributed by atoms with Crippen LogP contribution in [0.3, 0.4) is 0 Å². The van der Waals surface area contributed by atoms with Crippen LogP contribution < -0.4 is 15.6 Å². The Morgan fingerprint density at radius 3 is 2.63 bits per heavy atom. The Bertz CT molecular complexity index is 1490. The molecule has 0 spiro atoms. The molecule has 1 saturated heterocycles. The average molecular weight is 687 g/mol. The number of benzene rings is 1. The van der Waals surface area contributed by atoms with Crippen molar-refractivity contribution < 1.29 is 34.0 Å². The monoisotopic (exact) mass is 685 g/mol. The van der Waals surface area contributed by atoms with E-state index >= 15 is 0 Å². The van der Waals surface area contributed by atoms with Gasteiger partial charge in [0.25, 0.3) is 5.91 Å². The molecule has 1 aromatic carbocycles. The van der Waals surface area contributed by atoms with Gasteiger partial charge in [0.05, 0.1) is 10.8 Å². The number of nitrogens with two attached hydrogens (primary N) is 1. The molecule has 1 aromatic heterocycles. The number of carboxylic acids is 2. The Labute approximate surface area is 271 Å². The number of pyridine rings is 1. The van der Waals surface area contributed by atoms with Gasteiger partial charge in [-0.15, -0.1) is 35.3 Å². The first-order chi connectivity index (χ1) is 20.4. The number of halogens is 2. The lowest BCUT2D eigenvalue weighted by molar-refractivity contribution is -0.703. The van der Waals surface area contributed by atoms with Crippen molar-refractivity contribution in [3.8, 4) is 0 Å². The molecule has 0 bridgehead atoms. The van der Waals surface area contributed by atoms with E-state index in [0.29, 0.717) is 51.4 Å². The molecule has 15 heteroatoms. The third-order valence-corrected chi connectivity index (χ3v) is 11.5. The second-order valence-corrected chi connectivity index (χ2v) is 14.0. The highest BCUT2D eigenvalue weighted by molar-refractivity contribution is 8.01. The minimum absolute atomic E-state index is 0.0243. The minimum atomic E-state index is -1.18. The van der Waals surface area contributed by atoms with E-state index in [1.807, 2.05) is 30.7 Å². The number of nitrogens with zero attached hydrogens (tertiary/aromatic N) is 2. The normalized spacial score (nSPS) is 18.6. The third kappa shape index (κ3) is 7.81. The van der Waals surface area contributed by atoms with E-state index in [2.05, 4.69) is 5.32 Å². The van der Waals surface area contributed by atoms with Gasteiger partial charge in [0.1, 0.15) is 29.7 Å². The average Bonchev–Trinajstić information content (AvgIpc) is 2.97. The molecule has 3 atom stereocenters. The molecule has 5 N–H and O–H groups in total. The number of nitrogens with one attached hydrogen (secondary N) is 1. The molecule has 2 aromatic rings. The van der Waals surface area contributed by atoms with Crippen LogP contribution >= 0.6 is 58.5 Å². The molecule has 10 nitrogen and oxygen atoms in total. The lowest BCUT2D eigenvalue weighted by atomic mass is 10.0. The summed E-state index contributed by atoms with van der Waals surface area (Å²) in [5, 5.41) is 22.2. The largest absolute Gasteiger partial charge is 0.480 e. The van der Waals surface area contributed by atoms with E-state index in [9.17, 15) is 24.3 Å². The highest BCUT2D eigenvalue weighted by Crippen LogP contribution is 2.42. The van der Waals surface area contributed by atoms with Crippen LogP contribution in [0, 0.1) is 13.8 Å². The van der Waals surface area contributed by atoms with Crippen molar-refractivity contribution in [2.24, 2.45) is 5.73 Å². The highest BCUT2D eigenvalue weighted by Gasteiger charge is 2.54. The lowest BCUT2D eigenvalue weighted by Crippen LogP contribution is -2.70. The van der Waals surface area contributed by atoms with Gasteiger partial charge < -0.3 is 21.3 Å². The molecule has 0 aliphatic carbocycles. The highest BCUT2D eigenvalue weighted by atomic mass is 35.5. The first-order valence-corrected chi connectivity index (χ1v) is 17.0. The van der Waals surface area contributed by atoms with Crippen LogP contribution in [-0.2, 0) is 25.7 Å². The third-order valence-electron chi connectivity index (χ3n) is 7.20. The van der Waals surface area contributed by atoms with Crippen LogP contribution in [0.2, 0.25) is 10.0 Å². The van der Waals surface area contributed by atoms with E-state index in [1.165, 1.54) is 40.2 Å². The van der Waals surface area contributed by atoms with E-state index in [1.54, 1.807) is 18.2 Å². The first-order valence-electron chi connectivity index (χ1n) is 13.3. The molecule has 0 radical (unpaired) electrons. The van der Waals surface area contributed by atoms with Crippen molar-refractivity contribution in [3.05, 3.63) is 63.0 Å². The number of rotatable bonds is 13. The van der Waals surface area contributed by atoms with Gasteiger partial charge in [0.2, 0.25) is 5.91 Å². The van der Waals surface area contributed by atoms with Gasteiger partial charge in [-0.05, 0) is 37.1 Å². The van der Waals surface area contributed by atoms with Crippen LogP contribution in [-0.4, -0.2) is 73.6 Å². The molecule has 0 unspecified atom stereocenters. The summed E-state index contributed by atoms with van der Waals surface area (Å²) < 4.78 is 2.05. The smallest absolute Gasteiger partial charge is 0.352 e. The van der Waals surface area contributed by atoms with Crippen LogP contribution in [0.15, 0.2) is 51.5 Å². The molecule has 2 aliphatic heterocycles. The number of β-lactam (4-membered cyclic amide) rings is 1. The quantitative estimate of drug-likeness (QED) is 0.139. The molecule has 1 fully saturated rings. The maximum absolute atomic E-state index is 13.0. The molecule has 0 saturated carbocycles. The zero-order valence-electron chi connectivity index (χ0n) is 23.3. The number of aromatic nitrogens is 1. The number of carbonyl (C=O) groups is 4. The fourth-order valence-corrected chi connectivity index (χ4v) is 8.57. The fraction of sp³-hybridized carbons (Fsp3) is 0.393. The summed E-state index contributed by atoms with van der Waals surface area (Å²) >= 11 is 16.3. The summed E-state index contributed by atoms with van der Waals surface area (Å²) in [5.41, 5.74) is 8.27. The fourth-order valence-electron chi connectivity index (χ4n) is 4.70. The molecule has 230 valence electrons. The first kappa shape index (κ1) is 33.5. The van der Waals surface area contributed by atoms with E-state index in [4.69, 9.17) is 34.0 Å². The van der Waals surface area contributed by atoms with Gasteiger partial charge in [-0.2, -0.15) is 0 Å². The summed E-state index contributed by atoms with van der Waals surface area (Å²) in [6.07, 6.45) is 2.93. The lowest BCUT2D eigenvalue weighted by Gasteiger charge is -2.49. The number of hydrogen-bond acceptors (Lipinski definition) is 8. The Balaban J connectivity index is 1.37. The Morgan fingerprint density at radius 2 is 1.93 bits per heavy atom. The van der Waals surface area contributed by atoms with Crippen LogP contribution in [0.25, 0.3) is 0 Å². The number of aryl methyl sites for hydroxylation is 1. The standard InChI is InChI=1S/C28H30Cl2N4O6S3/c1-14-15(2)33(8-3-4-19(31)27(37)38)9-7-20(14)41-11-16-12-43-26-23(25(36)34(26)24(16)28(39)40)32-22(35)13-42-21-10-17(29)5-6-18(21)30/h5-7,9-10,19,23,26H,3-4,8,11-13,31H2,1-2H3,(H2-,32,35,37,38,39,40)/p+1/t19-,23-,26+/m0/s1. The zero-order valence-corrected chi connectivity index (χ0v) is 27.3. The van der Waals surface area contributed by atoms with Gasteiger partial charge in [0, 0.05) is 51.3 Å². The van der Waals surface area contributed by atoms with Crippen LogP contribution in [0.5, 0.6) is 0 Å². The van der Waals surface area contributed by atoms with Crippen molar-refractivity contribution in [3.63, 3.8) is 0 Å². The number of carbonyl (C=O) groups excluding carboxylic acids is 2. The summed E-state index contributed by atoms with van der Waals surface area (Å²) in [6, 6.07) is 5.22. The number of amides is 2. The summed E-state index contributed by atoms with van der Waals surface area (Å²) in [4.78, 5) is 51.8. The second kappa shape index (κ2) is 14.6. The van der Waals surface area contributed by atoms with Crippen molar-refractivity contribution in [2.45, 2.75) is 60.5 Å². The molecule has 43 heavy (non-hydrogen) atoms. The Hall–Kier alpha value is -2.42. The number of carboxylic acid groups (broad SMARTS) is 2. The van der Waals surface area contributed by atoms with Crippen molar-refractivity contribution in [1.29, 1.82) is 0 Å². The van der Waals surface area contributed by atoms with Crippen LogP contribution in [0.4, 0.5) is 0 Å². The van der Waals surface area contributed by atoms with Crippen molar-refractivity contribution >= 4 is 82.2 Å². The van der Waals surface area contributed by atoms with Gasteiger partial charge >= 0.3 is 11.9 Å². The molecule has 2 amide bonds. The Kier molecular flexibility index (Phi) is 11.3. The number of hydrogen-bond donors (Lipinski definition) is 4. The number of fused-ring (bicyclic) bond motifs is 1. The molecule has 3 heterocycles. The molecule has 4 rings (SSSR count). The van der Waals surface area contributed by atoms with Gasteiger partial charge in [0.15, 0.2) is 11.9 Å². The van der Waals surface area contributed by atoms with Crippen molar-refractivity contribution in [2.75, 3.05) is 17.3 Å². The summed E-state index contributed by atoms with van der Waals surface area (Å²) in [6.45, 7) is 4.60. The SMILES string of the molecule is Cc1c(SCC2=C(C(=O)O)N3C(=O)[C@H](NC(=O)CSc4cc(Cl)ccc4Cl)[C@H]3SC2)cc[n+](CCC[C@H](N)C(=O)O)c1C. The summed E-state index contributed by atoms with van der Waals surface area (Å²) in [5.74, 6) is -2.18. The number of aliphatic carboxylic acids is 2. The van der Waals surface area contributed by atoms with Crippen LogP contribution in [0.1, 0.15) is 24.1 Å². The maximum Gasteiger partial charge on any atom is 0.352 e. The molecular formula is C28H31Cl2N4O6S3+.